The Kier molecular flexibility index (Phi) is 5.53. The lowest BCUT2D eigenvalue weighted by atomic mass is 9.99. The Morgan fingerprint density at radius 1 is 0.455 bits per heavy atom. The molecule has 2 heterocycles. The minimum Gasteiger partial charge on any atom is -0.309 e. The predicted molar refractivity (Wildman–Crippen MR) is 179 cm³/mol. The van der Waals surface area contributed by atoms with Crippen LogP contribution in [0.4, 0.5) is 0 Å². The van der Waals surface area contributed by atoms with Gasteiger partial charge in [0.25, 0.3) is 0 Å². The molecule has 6 aromatic carbocycles. The van der Waals surface area contributed by atoms with Gasteiger partial charge in [-0.2, -0.15) is 0 Å². The molecule has 0 fully saturated rings. The highest BCUT2D eigenvalue weighted by Gasteiger charge is 2.24. The normalized spacial score (nSPS) is 12.0. The van der Waals surface area contributed by atoms with Gasteiger partial charge in [0.05, 0.1) is 11.0 Å². The summed E-state index contributed by atoms with van der Waals surface area (Å²) in [6.07, 6.45) is 0.976. The van der Waals surface area contributed by atoms with Crippen molar-refractivity contribution in [1.29, 1.82) is 0 Å². The summed E-state index contributed by atoms with van der Waals surface area (Å²) in [5.41, 5.74) is 11.8. The summed E-state index contributed by atoms with van der Waals surface area (Å²) < 4.78 is 2.38. The summed E-state index contributed by atoms with van der Waals surface area (Å²) in [7, 11) is 0. The summed E-state index contributed by atoms with van der Waals surface area (Å²) in [4.78, 5) is 14.9. The number of fused-ring (bicyclic) bond motifs is 7. The molecule has 1 aliphatic carbocycles. The van der Waals surface area contributed by atoms with Gasteiger partial charge < -0.3 is 4.57 Å². The molecule has 1 aliphatic rings. The van der Waals surface area contributed by atoms with Crippen molar-refractivity contribution in [3.8, 4) is 51.0 Å². The molecule has 0 bridgehead atoms. The zero-order chi connectivity index (χ0) is 29.0. The SMILES string of the molecule is c1ccc(-c2nc(-c3ccccc3)nc(-c3cccc(-n4c5ccccc5c5c6c(ccc54)Cc4ccccc4-6)c3)n2)cc1. The van der Waals surface area contributed by atoms with Gasteiger partial charge in [-0.15, -0.1) is 0 Å². The lowest BCUT2D eigenvalue weighted by molar-refractivity contribution is 1.07. The van der Waals surface area contributed by atoms with Crippen LogP contribution in [0.5, 0.6) is 0 Å². The van der Waals surface area contributed by atoms with E-state index in [-0.39, 0.29) is 0 Å². The predicted octanol–water partition coefficient (Wildman–Crippen LogP) is 9.54. The Balaban J connectivity index is 1.26. The average Bonchev–Trinajstić information content (AvgIpc) is 3.64. The van der Waals surface area contributed by atoms with Gasteiger partial charge in [-0.05, 0) is 52.9 Å². The number of hydrogen-bond acceptors (Lipinski definition) is 3. The van der Waals surface area contributed by atoms with Crippen LogP contribution in [0, 0.1) is 0 Å². The molecular formula is C40H26N4. The molecular weight excluding hydrogens is 536 g/mol. The van der Waals surface area contributed by atoms with Crippen molar-refractivity contribution in [1.82, 2.24) is 19.5 Å². The summed E-state index contributed by atoms with van der Waals surface area (Å²) >= 11 is 0. The van der Waals surface area contributed by atoms with Crippen molar-refractivity contribution in [3.05, 3.63) is 157 Å². The lowest BCUT2D eigenvalue weighted by Gasteiger charge is -2.12. The van der Waals surface area contributed by atoms with E-state index in [2.05, 4.69) is 89.5 Å². The van der Waals surface area contributed by atoms with E-state index in [0.29, 0.717) is 17.5 Å². The van der Waals surface area contributed by atoms with E-state index in [1.165, 1.54) is 44.1 Å². The fourth-order valence-corrected chi connectivity index (χ4v) is 6.68. The van der Waals surface area contributed by atoms with Gasteiger partial charge in [-0.3, -0.25) is 0 Å². The van der Waals surface area contributed by atoms with Crippen LogP contribution in [-0.4, -0.2) is 19.5 Å². The molecule has 2 aromatic heterocycles. The second-order valence-corrected chi connectivity index (χ2v) is 11.3. The first-order valence-corrected chi connectivity index (χ1v) is 14.9. The number of hydrogen-bond donors (Lipinski definition) is 0. The van der Waals surface area contributed by atoms with E-state index in [9.17, 15) is 0 Å². The van der Waals surface area contributed by atoms with E-state index >= 15 is 0 Å². The molecule has 0 radical (unpaired) electrons. The third kappa shape index (κ3) is 3.89. The third-order valence-corrected chi connectivity index (χ3v) is 8.65. The second kappa shape index (κ2) is 9.85. The highest BCUT2D eigenvalue weighted by molar-refractivity contribution is 6.17. The molecule has 4 heteroatoms. The highest BCUT2D eigenvalue weighted by atomic mass is 15.0. The van der Waals surface area contributed by atoms with Crippen LogP contribution in [0.25, 0.3) is 72.8 Å². The number of aromatic nitrogens is 4. The van der Waals surface area contributed by atoms with Gasteiger partial charge in [-0.25, -0.2) is 15.0 Å². The Morgan fingerprint density at radius 3 is 1.82 bits per heavy atom. The lowest BCUT2D eigenvalue weighted by Crippen LogP contribution is -2.01. The zero-order valence-corrected chi connectivity index (χ0v) is 23.9. The highest BCUT2D eigenvalue weighted by Crippen LogP contribution is 2.45. The standard InChI is InChI=1S/C40H26N4/c1-3-12-26(13-4-1)38-41-39(27-14-5-2-6-15-27)43-40(42-38)30-17-11-18-31(25-30)44-34-21-10-9-20-33(34)37-35(44)23-22-29-24-28-16-7-8-19-32(28)36(29)37/h1-23,25H,24H2. The van der Waals surface area contributed by atoms with E-state index in [4.69, 9.17) is 15.0 Å². The zero-order valence-electron chi connectivity index (χ0n) is 23.9. The van der Waals surface area contributed by atoms with Crippen LogP contribution in [0.1, 0.15) is 11.1 Å². The maximum absolute atomic E-state index is 4.99. The van der Waals surface area contributed by atoms with Crippen LogP contribution in [0.3, 0.4) is 0 Å². The number of rotatable bonds is 4. The Bertz CT molecular complexity index is 2300. The van der Waals surface area contributed by atoms with Crippen molar-refractivity contribution in [3.63, 3.8) is 0 Å². The Hall–Kier alpha value is -5.87. The van der Waals surface area contributed by atoms with E-state index in [1.807, 2.05) is 60.7 Å². The van der Waals surface area contributed by atoms with Crippen LogP contribution < -0.4 is 0 Å². The van der Waals surface area contributed by atoms with Crippen LogP contribution in [0.2, 0.25) is 0 Å². The van der Waals surface area contributed by atoms with Gasteiger partial charge in [-0.1, -0.05) is 121 Å². The van der Waals surface area contributed by atoms with Crippen LogP contribution >= 0.6 is 0 Å². The molecule has 0 spiro atoms. The van der Waals surface area contributed by atoms with Crippen molar-refractivity contribution < 1.29 is 0 Å². The molecule has 206 valence electrons. The van der Waals surface area contributed by atoms with Crippen LogP contribution in [0.15, 0.2) is 146 Å². The average molecular weight is 563 g/mol. The fraction of sp³-hybridized carbons (Fsp3) is 0.0250. The second-order valence-electron chi connectivity index (χ2n) is 11.3. The van der Waals surface area contributed by atoms with Gasteiger partial charge in [0.2, 0.25) is 0 Å². The molecule has 0 aliphatic heterocycles. The summed E-state index contributed by atoms with van der Waals surface area (Å²) in [6, 6.07) is 50.9. The monoisotopic (exact) mass is 562 g/mol. The maximum atomic E-state index is 4.99. The Morgan fingerprint density at radius 2 is 1.07 bits per heavy atom. The molecule has 0 unspecified atom stereocenters. The third-order valence-electron chi connectivity index (χ3n) is 8.65. The maximum Gasteiger partial charge on any atom is 0.164 e. The largest absolute Gasteiger partial charge is 0.309 e. The Labute approximate surface area is 255 Å². The molecule has 0 saturated carbocycles. The minimum absolute atomic E-state index is 0.648. The molecule has 0 N–H and O–H groups in total. The minimum atomic E-state index is 0.648. The van der Waals surface area contributed by atoms with E-state index in [0.717, 1.165) is 28.8 Å². The quantitative estimate of drug-likeness (QED) is 0.215. The molecule has 0 atom stereocenters. The van der Waals surface area contributed by atoms with E-state index < -0.39 is 0 Å². The van der Waals surface area contributed by atoms with Crippen molar-refractivity contribution in [2.45, 2.75) is 6.42 Å². The van der Waals surface area contributed by atoms with Crippen molar-refractivity contribution in [2.24, 2.45) is 0 Å². The molecule has 8 aromatic rings. The van der Waals surface area contributed by atoms with Gasteiger partial charge in [0.1, 0.15) is 0 Å². The van der Waals surface area contributed by atoms with Gasteiger partial charge in [0.15, 0.2) is 17.5 Å². The molecule has 44 heavy (non-hydrogen) atoms. The fourth-order valence-electron chi connectivity index (χ4n) is 6.68. The topological polar surface area (TPSA) is 43.6 Å². The molecule has 4 nitrogen and oxygen atoms in total. The van der Waals surface area contributed by atoms with Gasteiger partial charge >= 0.3 is 0 Å². The van der Waals surface area contributed by atoms with Crippen LogP contribution in [-0.2, 0) is 6.42 Å². The number of benzene rings is 6. The molecule has 0 saturated heterocycles. The molecule has 9 rings (SSSR count). The molecule has 0 amide bonds. The number of para-hydroxylation sites is 1. The summed E-state index contributed by atoms with van der Waals surface area (Å²) in [5.74, 6) is 1.96. The summed E-state index contributed by atoms with van der Waals surface area (Å²) in [6.45, 7) is 0. The first-order chi connectivity index (χ1) is 21.8. The van der Waals surface area contributed by atoms with Gasteiger partial charge in [0, 0.05) is 33.2 Å². The first-order valence-electron chi connectivity index (χ1n) is 14.9. The number of nitrogens with zero attached hydrogens (tertiary/aromatic N) is 4. The summed E-state index contributed by atoms with van der Waals surface area (Å²) in [5, 5.41) is 2.57. The van der Waals surface area contributed by atoms with E-state index in [1.54, 1.807) is 0 Å². The first kappa shape index (κ1) is 24.7. The van der Waals surface area contributed by atoms with Crippen molar-refractivity contribution >= 4 is 21.8 Å². The smallest absolute Gasteiger partial charge is 0.164 e. The van der Waals surface area contributed by atoms with Crippen molar-refractivity contribution in [2.75, 3.05) is 0 Å².